The van der Waals surface area contributed by atoms with Crippen LogP contribution in [0.15, 0.2) is 36.5 Å². The Hall–Kier alpha value is -2.09. The van der Waals surface area contributed by atoms with Crippen molar-refractivity contribution in [3.63, 3.8) is 0 Å². The van der Waals surface area contributed by atoms with E-state index in [0.717, 1.165) is 11.1 Å². The van der Waals surface area contributed by atoms with Gasteiger partial charge in [-0.2, -0.15) is 5.26 Å². The number of hydrogen-bond donors (Lipinski definition) is 1. The van der Waals surface area contributed by atoms with Crippen LogP contribution in [-0.4, -0.2) is 10.1 Å². The molecule has 1 heterocycles. The second-order valence-electron chi connectivity index (χ2n) is 4.32. The number of halogens is 1. The van der Waals surface area contributed by atoms with E-state index in [-0.39, 0.29) is 0 Å². The topological polar surface area (TPSA) is 66.1 Å². The summed E-state index contributed by atoms with van der Waals surface area (Å²) in [5.74, 6) is 0.534. The summed E-state index contributed by atoms with van der Waals surface area (Å²) in [6, 6.07) is 10.6. The fraction of sp³-hybridized carbons (Fsp3) is 0.200. The summed E-state index contributed by atoms with van der Waals surface area (Å²) in [6.45, 7) is 1.97. The van der Waals surface area contributed by atoms with Gasteiger partial charge in [0.2, 0.25) is 0 Å². The van der Waals surface area contributed by atoms with Gasteiger partial charge < -0.3 is 9.84 Å². The van der Waals surface area contributed by atoms with Crippen LogP contribution in [0.1, 0.15) is 29.8 Å². The molecule has 0 aliphatic carbocycles. The zero-order valence-electron chi connectivity index (χ0n) is 10.9. The third-order valence-electron chi connectivity index (χ3n) is 2.77. The minimum atomic E-state index is -0.570. The molecule has 5 heteroatoms. The first-order chi connectivity index (χ1) is 9.60. The van der Waals surface area contributed by atoms with Crippen molar-refractivity contribution in [3.05, 3.63) is 58.4 Å². The quantitative estimate of drug-likeness (QED) is 0.938. The number of rotatable bonds is 4. The lowest BCUT2D eigenvalue weighted by Crippen LogP contribution is -1.98. The van der Waals surface area contributed by atoms with E-state index in [1.165, 1.54) is 0 Å². The molecule has 0 radical (unpaired) electrons. The van der Waals surface area contributed by atoms with E-state index in [2.05, 4.69) is 4.98 Å². The zero-order valence-corrected chi connectivity index (χ0v) is 11.6. The van der Waals surface area contributed by atoms with Gasteiger partial charge in [-0.05, 0) is 42.3 Å². The highest BCUT2D eigenvalue weighted by Gasteiger charge is 2.07. The van der Waals surface area contributed by atoms with Crippen molar-refractivity contribution < 1.29 is 9.84 Å². The molecule has 0 saturated carbocycles. The van der Waals surface area contributed by atoms with Crippen molar-refractivity contribution in [1.29, 1.82) is 5.26 Å². The molecule has 0 spiro atoms. The molecule has 1 aromatic heterocycles. The average Bonchev–Trinajstić information content (AvgIpc) is 2.46. The second-order valence-corrected chi connectivity index (χ2v) is 4.72. The van der Waals surface area contributed by atoms with Crippen LogP contribution in [0.2, 0.25) is 5.02 Å². The van der Waals surface area contributed by atoms with Gasteiger partial charge in [0, 0.05) is 6.20 Å². The molecular weight excluding hydrogens is 276 g/mol. The van der Waals surface area contributed by atoms with Crippen molar-refractivity contribution in [3.8, 4) is 11.8 Å². The van der Waals surface area contributed by atoms with E-state index in [4.69, 9.17) is 21.6 Å². The van der Waals surface area contributed by atoms with Crippen LogP contribution in [0.4, 0.5) is 0 Å². The molecule has 1 aromatic carbocycles. The van der Waals surface area contributed by atoms with Crippen LogP contribution < -0.4 is 4.74 Å². The summed E-state index contributed by atoms with van der Waals surface area (Å²) in [7, 11) is 0. The Morgan fingerprint density at radius 1 is 1.40 bits per heavy atom. The van der Waals surface area contributed by atoms with Gasteiger partial charge in [-0.1, -0.05) is 17.7 Å². The van der Waals surface area contributed by atoms with Crippen molar-refractivity contribution in [1.82, 2.24) is 4.98 Å². The largest absolute Gasteiger partial charge is 0.487 e. The molecule has 20 heavy (non-hydrogen) atoms. The fourth-order valence-electron chi connectivity index (χ4n) is 1.68. The molecule has 2 aromatic rings. The molecular formula is C15H13ClN2O2. The number of aromatic nitrogens is 1. The Labute approximate surface area is 122 Å². The van der Waals surface area contributed by atoms with Crippen molar-refractivity contribution in [2.45, 2.75) is 19.6 Å². The van der Waals surface area contributed by atoms with E-state index in [9.17, 15) is 5.11 Å². The molecule has 2 rings (SSSR count). The van der Waals surface area contributed by atoms with Crippen LogP contribution in [-0.2, 0) is 6.61 Å². The maximum absolute atomic E-state index is 9.47. The van der Waals surface area contributed by atoms with Crippen LogP contribution in [0.25, 0.3) is 0 Å². The van der Waals surface area contributed by atoms with Crippen molar-refractivity contribution in [2.75, 3.05) is 0 Å². The third kappa shape index (κ3) is 3.47. The highest BCUT2D eigenvalue weighted by molar-refractivity contribution is 6.32. The lowest BCUT2D eigenvalue weighted by Gasteiger charge is -2.11. The third-order valence-corrected chi connectivity index (χ3v) is 3.07. The Balaban J connectivity index is 2.09. The van der Waals surface area contributed by atoms with E-state index < -0.39 is 6.10 Å². The van der Waals surface area contributed by atoms with Gasteiger partial charge in [0.1, 0.15) is 24.1 Å². The summed E-state index contributed by atoms with van der Waals surface area (Å²) in [5.41, 5.74) is 1.92. The molecule has 0 saturated heterocycles. The standard InChI is InChI=1S/C15H13ClN2O2/c1-10(19)12-2-3-15(14(16)7-12)20-9-11-4-5-18-13(6-11)8-17/h2-7,10,19H,9H2,1H3. The van der Waals surface area contributed by atoms with Gasteiger partial charge in [0.15, 0.2) is 0 Å². The molecule has 0 aliphatic rings. The number of ether oxygens (including phenoxy) is 1. The molecule has 4 nitrogen and oxygen atoms in total. The first-order valence-electron chi connectivity index (χ1n) is 6.05. The lowest BCUT2D eigenvalue weighted by atomic mass is 10.1. The number of pyridine rings is 1. The highest BCUT2D eigenvalue weighted by atomic mass is 35.5. The predicted molar refractivity (Wildman–Crippen MR) is 75.4 cm³/mol. The first-order valence-corrected chi connectivity index (χ1v) is 6.43. The van der Waals surface area contributed by atoms with Gasteiger partial charge in [-0.15, -0.1) is 0 Å². The van der Waals surface area contributed by atoms with E-state index in [1.807, 2.05) is 6.07 Å². The number of aliphatic hydroxyl groups excluding tert-OH is 1. The molecule has 102 valence electrons. The average molecular weight is 289 g/mol. The van der Waals surface area contributed by atoms with Gasteiger partial charge >= 0.3 is 0 Å². The van der Waals surface area contributed by atoms with Gasteiger partial charge in [-0.25, -0.2) is 4.98 Å². The predicted octanol–water partition coefficient (Wildman–Crippen LogP) is 3.24. The van der Waals surface area contributed by atoms with Crippen LogP contribution in [0.5, 0.6) is 5.75 Å². The minimum absolute atomic E-state index is 0.297. The minimum Gasteiger partial charge on any atom is -0.487 e. The number of aliphatic hydroxyl groups is 1. The van der Waals surface area contributed by atoms with Gasteiger partial charge in [0.25, 0.3) is 0 Å². The van der Waals surface area contributed by atoms with Crippen LogP contribution >= 0.6 is 11.6 Å². The summed E-state index contributed by atoms with van der Waals surface area (Å²) in [4.78, 5) is 3.89. The van der Waals surface area contributed by atoms with E-state index in [0.29, 0.717) is 23.1 Å². The fourth-order valence-corrected chi connectivity index (χ4v) is 1.92. The molecule has 1 N–H and O–H groups in total. The molecule has 0 fully saturated rings. The van der Waals surface area contributed by atoms with Crippen molar-refractivity contribution in [2.24, 2.45) is 0 Å². The van der Waals surface area contributed by atoms with Crippen LogP contribution in [0.3, 0.4) is 0 Å². The summed E-state index contributed by atoms with van der Waals surface area (Å²) < 4.78 is 5.61. The maximum Gasteiger partial charge on any atom is 0.140 e. The number of hydrogen-bond acceptors (Lipinski definition) is 4. The Morgan fingerprint density at radius 2 is 2.20 bits per heavy atom. The maximum atomic E-state index is 9.47. The second kappa shape index (κ2) is 6.38. The smallest absolute Gasteiger partial charge is 0.140 e. The van der Waals surface area contributed by atoms with Gasteiger partial charge in [-0.3, -0.25) is 0 Å². The normalized spacial score (nSPS) is 11.7. The molecule has 0 bridgehead atoms. The first kappa shape index (κ1) is 14.3. The number of nitrogens with zero attached hydrogens (tertiary/aromatic N) is 2. The zero-order chi connectivity index (χ0) is 14.5. The Kier molecular flexibility index (Phi) is 4.57. The Bertz CT molecular complexity index is 651. The van der Waals surface area contributed by atoms with Gasteiger partial charge in [0.05, 0.1) is 11.1 Å². The summed E-state index contributed by atoms with van der Waals surface area (Å²) in [5, 5.41) is 18.7. The number of benzene rings is 1. The molecule has 1 atom stereocenters. The lowest BCUT2D eigenvalue weighted by molar-refractivity contribution is 0.199. The van der Waals surface area contributed by atoms with E-state index >= 15 is 0 Å². The SMILES string of the molecule is CC(O)c1ccc(OCc2ccnc(C#N)c2)c(Cl)c1. The molecule has 0 amide bonds. The molecule has 1 unspecified atom stereocenters. The Morgan fingerprint density at radius 3 is 2.85 bits per heavy atom. The molecule has 0 aliphatic heterocycles. The number of nitriles is 1. The summed E-state index contributed by atoms with van der Waals surface area (Å²) in [6.07, 6.45) is 0.995. The van der Waals surface area contributed by atoms with Crippen molar-refractivity contribution >= 4 is 11.6 Å². The summed E-state index contributed by atoms with van der Waals surface area (Å²) >= 11 is 6.10. The van der Waals surface area contributed by atoms with E-state index in [1.54, 1.807) is 43.5 Å². The highest BCUT2D eigenvalue weighted by Crippen LogP contribution is 2.28. The van der Waals surface area contributed by atoms with Crippen LogP contribution in [0, 0.1) is 11.3 Å². The monoisotopic (exact) mass is 288 g/mol.